The lowest BCUT2D eigenvalue weighted by molar-refractivity contribution is 0.354. The average molecular weight is 312 g/mol. The molecule has 0 spiro atoms. The van der Waals surface area contributed by atoms with Gasteiger partial charge in [-0.15, -0.1) is 0 Å². The summed E-state index contributed by atoms with van der Waals surface area (Å²) in [4.78, 5) is 0. The van der Waals surface area contributed by atoms with Gasteiger partial charge in [-0.05, 0) is 42.4 Å². The maximum Gasteiger partial charge on any atom is 0.161 e. The summed E-state index contributed by atoms with van der Waals surface area (Å²) in [5, 5.41) is 3.23. The molecule has 2 rings (SSSR count). The van der Waals surface area contributed by atoms with Crippen molar-refractivity contribution in [3.05, 3.63) is 59.7 Å². The van der Waals surface area contributed by atoms with Crippen LogP contribution in [0.4, 0.5) is 5.69 Å². The highest BCUT2D eigenvalue weighted by molar-refractivity contribution is 5.55. The highest BCUT2D eigenvalue weighted by atomic mass is 16.5. The molecule has 0 heterocycles. The molecule has 0 aromatic heterocycles. The smallest absolute Gasteiger partial charge is 0.161 e. The monoisotopic (exact) mass is 312 g/mol. The van der Waals surface area contributed by atoms with E-state index in [1.54, 1.807) is 14.2 Å². The lowest BCUT2D eigenvalue weighted by atomic mass is 9.97. The molecule has 4 nitrogen and oxygen atoms in total. The Morgan fingerprint density at radius 1 is 1.04 bits per heavy atom. The lowest BCUT2D eigenvalue weighted by Gasteiger charge is -2.15. The summed E-state index contributed by atoms with van der Waals surface area (Å²) in [6.07, 6.45) is 4.29. The third-order valence-electron chi connectivity index (χ3n) is 3.72. The topological polar surface area (TPSA) is 56.5 Å². The van der Waals surface area contributed by atoms with Crippen LogP contribution in [0.1, 0.15) is 17.0 Å². The number of nitrogens with two attached hydrogens (primary N) is 1. The number of nitrogens with one attached hydrogen (secondary N) is 1. The second-order valence-electron chi connectivity index (χ2n) is 5.30. The minimum Gasteiger partial charge on any atom is -0.493 e. The molecule has 23 heavy (non-hydrogen) atoms. The first-order valence-electron chi connectivity index (χ1n) is 7.58. The van der Waals surface area contributed by atoms with Gasteiger partial charge in [0.25, 0.3) is 0 Å². The first-order chi connectivity index (χ1) is 11.2. The molecule has 3 N–H and O–H groups in total. The summed E-state index contributed by atoms with van der Waals surface area (Å²) >= 11 is 0. The van der Waals surface area contributed by atoms with Gasteiger partial charge in [0.2, 0.25) is 0 Å². The van der Waals surface area contributed by atoms with Gasteiger partial charge in [-0.3, -0.25) is 0 Å². The third kappa shape index (κ3) is 4.50. The lowest BCUT2D eigenvalue weighted by Crippen LogP contribution is -2.15. The van der Waals surface area contributed by atoms with Crippen LogP contribution in [0.25, 0.3) is 6.08 Å². The van der Waals surface area contributed by atoms with E-state index >= 15 is 0 Å². The quantitative estimate of drug-likeness (QED) is 0.770. The Labute approximate surface area is 137 Å². The molecule has 0 bridgehead atoms. The van der Waals surface area contributed by atoms with E-state index in [0.29, 0.717) is 0 Å². The third-order valence-corrected chi connectivity index (χ3v) is 3.72. The fourth-order valence-electron chi connectivity index (χ4n) is 2.43. The van der Waals surface area contributed by atoms with Crippen molar-refractivity contribution in [2.24, 2.45) is 0 Å². The Morgan fingerprint density at radius 2 is 1.74 bits per heavy atom. The number of methoxy groups -OCH3 is 2. The van der Waals surface area contributed by atoms with E-state index in [4.69, 9.17) is 15.2 Å². The van der Waals surface area contributed by atoms with Crippen molar-refractivity contribution >= 4 is 11.8 Å². The van der Waals surface area contributed by atoms with Crippen LogP contribution >= 0.6 is 0 Å². The van der Waals surface area contributed by atoms with E-state index in [2.05, 4.69) is 23.5 Å². The first-order valence-corrected chi connectivity index (χ1v) is 7.58. The number of nitrogen functional groups attached to an aromatic ring is 1. The Bertz CT molecular complexity index is 651. The summed E-state index contributed by atoms with van der Waals surface area (Å²) in [5.74, 6) is 1.71. The minimum atomic E-state index is 0.234. The van der Waals surface area contributed by atoms with Gasteiger partial charge in [0.15, 0.2) is 11.5 Å². The molecule has 0 aliphatic rings. The van der Waals surface area contributed by atoms with Crippen molar-refractivity contribution in [1.29, 1.82) is 0 Å². The SMILES string of the molecule is CNCC(/C=C/c1ccc(N)cc1)c1ccc(OC)c(OC)c1. The maximum atomic E-state index is 5.72. The Kier molecular flexibility index (Phi) is 6.06. The number of ether oxygens (including phenoxy) is 2. The van der Waals surface area contributed by atoms with Gasteiger partial charge in [0, 0.05) is 18.2 Å². The van der Waals surface area contributed by atoms with Crippen LogP contribution in [-0.2, 0) is 0 Å². The van der Waals surface area contributed by atoms with Crippen LogP contribution < -0.4 is 20.5 Å². The predicted octanol–water partition coefficient (Wildman–Crippen LogP) is 3.30. The molecule has 0 fully saturated rings. The van der Waals surface area contributed by atoms with Gasteiger partial charge in [-0.2, -0.15) is 0 Å². The standard InChI is InChI=1S/C19H24N2O2/c1-21-13-16(7-4-14-5-9-17(20)10-6-14)15-8-11-18(22-2)19(12-15)23-3/h4-12,16,21H,13,20H2,1-3H3/b7-4+. The van der Waals surface area contributed by atoms with Crippen LogP contribution in [0.2, 0.25) is 0 Å². The highest BCUT2D eigenvalue weighted by Crippen LogP contribution is 2.31. The normalized spacial score (nSPS) is 12.3. The van der Waals surface area contributed by atoms with E-state index in [9.17, 15) is 0 Å². The van der Waals surface area contributed by atoms with Gasteiger partial charge in [-0.1, -0.05) is 30.4 Å². The Morgan fingerprint density at radius 3 is 2.35 bits per heavy atom. The average Bonchev–Trinajstić information content (AvgIpc) is 2.59. The number of anilines is 1. The van der Waals surface area contributed by atoms with E-state index in [1.807, 2.05) is 43.4 Å². The molecule has 0 aliphatic carbocycles. The number of hydrogen-bond acceptors (Lipinski definition) is 4. The molecule has 0 aliphatic heterocycles. The summed E-state index contributed by atoms with van der Waals surface area (Å²) in [6.45, 7) is 0.834. The molecular formula is C19H24N2O2. The summed E-state index contributed by atoms with van der Waals surface area (Å²) in [5.41, 5.74) is 8.79. The summed E-state index contributed by atoms with van der Waals surface area (Å²) < 4.78 is 10.7. The van der Waals surface area contributed by atoms with E-state index < -0.39 is 0 Å². The zero-order valence-electron chi connectivity index (χ0n) is 13.9. The van der Waals surface area contributed by atoms with Crippen molar-refractivity contribution in [2.75, 3.05) is 33.5 Å². The molecule has 2 aromatic carbocycles. The predicted molar refractivity (Wildman–Crippen MR) is 96.1 cm³/mol. The molecule has 4 heteroatoms. The van der Waals surface area contributed by atoms with E-state index in [1.165, 1.54) is 5.56 Å². The first kappa shape index (κ1) is 16.9. The van der Waals surface area contributed by atoms with Crippen LogP contribution in [0.5, 0.6) is 11.5 Å². The van der Waals surface area contributed by atoms with Crippen molar-refractivity contribution in [3.63, 3.8) is 0 Å². The molecule has 2 aromatic rings. The van der Waals surface area contributed by atoms with E-state index in [-0.39, 0.29) is 5.92 Å². The minimum absolute atomic E-state index is 0.234. The highest BCUT2D eigenvalue weighted by Gasteiger charge is 2.11. The molecule has 1 atom stereocenters. The van der Waals surface area contributed by atoms with Gasteiger partial charge >= 0.3 is 0 Å². The second kappa shape index (κ2) is 8.25. The summed E-state index contributed by atoms with van der Waals surface area (Å²) in [6, 6.07) is 13.9. The van der Waals surface area contributed by atoms with Crippen LogP contribution in [0.15, 0.2) is 48.5 Å². The van der Waals surface area contributed by atoms with Crippen molar-refractivity contribution in [3.8, 4) is 11.5 Å². The molecule has 0 saturated heterocycles. The van der Waals surface area contributed by atoms with Gasteiger partial charge in [-0.25, -0.2) is 0 Å². The number of benzene rings is 2. The van der Waals surface area contributed by atoms with Crippen molar-refractivity contribution in [2.45, 2.75) is 5.92 Å². The van der Waals surface area contributed by atoms with Crippen LogP contribution in [-0.4, -0.2) is 27.8 Å². The fraction of sp³-hybridized carbons (Fsp3) is 0.263. The van der Waals surface area contributed by atoms with E-state index in [0.717, 1.165) is 29.3 Å². The molecule has 1 unspecified atom stereocenters. The second-order valence-corrected chi connectivity index (χ2v) is 5.30. The maximum absolute atomic E-state index is 5.72. The molecule has 122 valence electrons. The number of likely N-dealkylation sites (N-methyl/N-ethyl adjacent to an activating group) is 1. The number of hydrogen-bond donors (Lipinski definition) is 2. The largest absolute Gasteiger partial charge is 0.493 e. The molecular weight excluding hydrogens is 288 g/mol. The van der Waals surface area contributed by atoms with Gasteiger partial charge in [0.05, 0.1) is 14.2 Å². The number of rotatable bonds is 7. The van der Waals surface area contributed by atoms with Gasteiger partial charge in [0.1, 0.15) is 0 Å². The molecule has 0 saturated carbocycles. The Hall–Kier alpha value is -2.46. The van der Waals surface area contributed by atoms with Crippen molar-refractivity contribution in [1.82, 2.24) is 5.32 Å². The fourth-order valence-corrected chi connectivity index (χ4v) is 2.43. The zero-order valence-corrected chi connectivity index (χ0v) is 13.9. The van der Waals surface area contributed by atoms with Crippen LogP contribution in [0.3, 0.4) is 0 Å². The molecule has 0 amide bonds. The summed E-state index contributed by atoms with van der Waals surface area (Å²) in [7, 11) is 5.24. The van der Waals surface area contributed by atoms with Crippen molar-refractivity contribution < 1.29 is 9.47 Å². The zero-order chi connectivity index (χ0) is 16.7. The van der Waals surface area contributed by atoms with Gasteiger partial charge < -0.3 is 20.5 Å². The Balaban J connectivity index is 2.25. The molecule has 0 radical (unpaired) electrons. The van der Waals surface area contributed by atoms with Crippen LogP contribution in [0, 0.1) is 0 Å².